The lowest BCUT2D eigenvalue weighted by atomic mass is 10.2. The number of amides is 2. The molecule has 3 aromatic rings. The Morgan fingerprint density at radius 2 is 1.49 bits per heavy atom. The quantitative estimate of drug-likeness (QED) is 0.307. The molecule has 0 bridgehead atoms. The molecule has 0 aliphatic heterocycles. The largest absolute Gasteiger partial charge is 0.495 e. The van der Waals surface area contributed by atoms with Crippen molar-refractivity contribution in [3.63, 3.8) is 0 Å². The van der Waals surface area contributed by atoms with Crippen molar-refractivity contribution in [2.75, 3.05) is 32.8 Å². The van der Waals surface area contributed by atoms with E-state index in [0.29, 0.717) is 39.3 Å². The van der Waals surface area contributed by atoms with E-state index in [4.69, 9.17) is 30.5 Å². The summed E-state index contributed by atoms with van der Waals surface area (Å²) in [5.41, 5.74) is 3.55. The van der Waals surface area contributed by atoms with Crippen LogP contribution in [0.2, 0.25) is 5.02 Å². The van der Waals surface area contributed by atoms with Gasteiger partial charge in [-0.05, 0) is 48.0 Å². The van der Waals surface area contributed by atoms with E-state index in [0.717, 1.165) is 0 Å². The van der Waals surface area contributed by atoms with Gasteiger partial charge in [-0.15, -0.1) is 0 Å². The summed E-state index contributed by atoms with van der Waals surface area (Å²) in [6, 6.07) is 18.9. The van der Waals surface area contributed by atoms with Crippen molar-refractivity contribution in [3.05, 3.63) is 77.3 Å². The van der Waals surface area contributed by atoms with Gasteiger partial charge >= 0.3 is 0 Å². The second kappa shape index (κ2) is 12.9. The molecule has 0 aromatic heterocycles. The minimum absolute atomic E-state index is 0.233. The van der Waals surface area contributed by atoms with Crippen molar-refractivity contribution in [3.8, 4) is 23.0 Å². The first-order valence-electron chi connectivity index (χ1n) is 10.4. The molecule has 9 nitrogen and oxygen atoms in total. The van der Waals surface area contributed by atoms with Gasteiger partial charge in [0.1, 0.15) is 11.5 Å². The zero-order chi connectivity index (χ0) is 25.0. The minimum atomic E-state index is -0.450. The fourth-order valence-electron chi connectivity index (χ4n) is 2.88. The van der Waals surface area contributed by atoms with Crippen LogP contribution in [-0.2, 0) is 9.59 Å². The molecular weight excluding hydrogens is 474 g/mol. The molecule has 182 valence electrons. The van der Waals surface area contributed by atoms with Crippen LogP contribution >= 0.6 is 11.6 Å². The lowest BCUT2D eigenvalue weighted by molar-refractivity contribution is -0.123. The average molecular weight is 498 g/mol. The maximum atomic E-state index is 12.3. The molecule has 0 atom stereocenters. The number of halogens is 1. The summed E-state index contributed by atoms with van der Waals surface area (Å²) in [4.78, 5) is 24.2. The Balaban J connectivity index is 1.51. The Labute approximate surface area is 207 Å². The van der Waals surface area contributed by atoms with E-state index in [1.165, 1.54) is 20.4 Å². The second-order valence-electron chi connectivity index (χ2n) is 6.96. The summed E-state index contributed by atoms with van der Waals surface area (Å²) in [6.45, 7) is -0.475. The van der Waals surface area contributed by atoms with Gasteiger partial charge in [-0.1, -0.05) is 35.9 Å². The number of hydrazone groups is 1. The number of nitrogens with zero attached hydrogens (tertiary/aromatic N) is 1. The highest BCUT2D eigenvalue weighted by molar-refractivity contribution is 6.32. The number of benzene rings is 3. The minimum Gasteiger partial charge on any atom is -0.495 e. The molecule has 0 radical (unpaired) electrons. The van der Waals surface area contributed by atoms with E-state index < -0.39 is 5.91 Å². The molecule has 0 heterocycles. The molecule has 0 aliphatic carbocycles. The van der Waals surface area contributed by atoms with Gasteiger partial charge in [0.15, 0.2) is 24.7 Å². The Morgan fingerprint density at radius 1 is 0.829 bits per heavy atom. The third-order valence-electron chi connectivity index (χ3n) is 4.53. The molecular formula is C25H24ClN3O6. The van der Waals surface area contributed by atoms with Gasteiger partial charge in [0, 0.05) is 0 Å². The Bertz CT molecular complexity index is 1200. The van der Waals surface area contributed by atoms with Crippen molar-refractivity contribution >= 4 is 35.3 Å². The van der Waals surface area contributed by atoms with Crippen molar-refractivity contribution < 1.29 is 28.5 Å². The lowest BCUT2D eigenvalue weighted by Gasteiger charge is -2.12. The van der Waals surface area contributed by atoms with Gasteiger partial charge in [0.05, 0.1) is 31.1 Å². The number of anilines is 1. The van der Waals surface area contributed by atoms with E-state index in [9.17, 15) is 9.59 Å². The van der Waals surface area contributed by atoms with Crippen molar-refractivity contribution in [1.82, 2.24) is 5.43 Å². The van der Waals surface area contributed by atoms with Gasteiger partial charge in [-0.3, -0.25) is 9.59 Å². The Hall–Kier alpha value is -4.24. The summed E-state index contributed by atoms with van der Waals surface area (Å²) in [5, 5.41) is 7.06. The number of hydrogen-bond acceptors (Lipinski definition) is 7. The predicted molar refractivity (Wildman–Crippen MR) is 133 cm³/mol. The molecule has 3 rings (SSSR count). The van der Waals surface area contributed by atoms with E-state index in [2.05, 4.69) is 15.8 Å². The summed E-state index contributed by atoms with van der Waals surface area (Å²) in [6.07, 6.45) is 1.44. The van der Waals surface area contributed by atoms with Crippen molar-refractivity contribution in [2.24, 2.45) is 5.10 Å². The van der Waals surface area contributed by atoms with Crippen LogP contribution in [-0.4, -0.2) is 45.5 Å². The van der Waals surface area contributed by atoms with Gasteiger partial charge in [-0.25, -0.2) is 5.43 Å². The Morgan fingerprint density at radius 3 is 2.23 bits per heavy atom. The molecule has 0 fully saturated rings. The molecule has 0 saturated heterocycles. The summed E-state index contributed by atoms with van der Waals surface area (Å²) >= 11 is 5.99. The fraction of sp³-hybridized carbons (Fsp3) is 0.160. The van der Waals surface area contributed by atoms with Crippen molar-refractivity contribution in [1.29, 1.82) is 0 Å². The van der Waals surface area contributed by atoms with E-state index in [-0.39, 0.29) is 19.1 Å². The normalized spacial score (nSPS) is 10.5. The van der Waals surface area contributed by atoms with Crippen LogP contribution < -0.4 is 29.7 Å². The third-order valence-corrected chi connectivity index (χ3v) is 4.84. The molecule has 3 aromatic carbocycles. The number of ether oxygens (including phenoxy) is 4. The van der Waals surface area contributed by atoms with Crippen LogP contribution in [0.15, 0.2) is 71.8 Å². The maximum Gasteiger partial charge on any atom is 0.277 e. The first-order chi connectivity index (χ1) is 17.0. The highest BCUT2D eigenvalue weighted by atomic mass is 35.5. The first kappa shape index (κ1) is 25.4. The first-order valence-corrected chi connectivity index (χ1v) is 10.8. The van der Waals surface area contributed by atoms with Gasteiger partial charge in [0.25, 0.3) is 11.8 Å². The van der Waals surface area contributed by atoms with Gasteiger partial charge in [-0.2, -0.15) is 5.10 Å². The number of carbonyl (C=O) groups is 2. The smallest absolute Gasteiger partial charge is 0.277 e. The Kier molecular flexibility index (Phi) is 9.32. The van der Waals surface area contributed by atoms with Crippen LogP contribution in [0, 0.1) is 0 Å². The molecule has 0 saturated carbocycles. The molecule has 0 spiro atoms. The molecule has 35 heavy (non-hydrogen) atoms. The summed E-state index contributed by atoms with van der Waals surface area (Å²) in [7, 11) is 3.00. The highest BCUT2D eigenvalue weighted by Gasteiger charge is 2.11. The zero-order valence-corrected chi connectivity index (χ0v) is 19.9. The monoisotopic (exact) mass is 497 g/mol. The molecule has 0 unspecified atom stereocenters. The second-order valence-corrected chi connectivity index (χ2v) is 7.37. The van der Waals surface area contributed by atoms with E-state index in [1.54, 1.807) is 66.7 Å². The third kappa shape index (κ3) is 7.65. The van der Waals surface area contributed by atoms with Crippen molar-refractivity contribution in [2.45, 2.75) is 0 Å². The number of carbonyl (C=O) groups excluding carboxylic acids is 2. The molecule has 2 N–H and O–H groups in total. The maximum absolute atomic E-state index is 12.3. The summed E-state index contributed by atoms with van der Waals surface area (Å²) < 4.78 is 21.5. The average Bonchev–Trinajstić information content (AvgIpc) is 2.87. The lowest BCUT2D eigenvalue weighted by Crippen LogP contribution is -2.24. The van der Waals surface area contributed by atoms with Crippen LogP contribution in [0.5, 0.6) is 23.0 Å². The molecule has 2 amide bonds. The van der Waals surface area contributed by atoms with Crippen LogP contribution in [0.25, 0.3) is 0 Å². The number of para-hydroxylation sites is 3. The molecule has 10 heteroatoms. The highest BCUT2D eigenvalue weighted by Crippen LogP contribution is 2.28. The number of methoxy groups -OCH3 is 2. The topological polar surface area (TPSA) is 107 Å². The van der Waals surface area contributed by atoms with Crippen LogP contribution in [0.1, 0.15) is 5.56 Å². The summed E-state index contributed by atoms with van der Waals surface area (Å²) in [5.74, 6) is 0.914. The van der Waals surface area contributed by atoms with E-state index in [1.807, 2.05) is 0 Å². The van der Waals surface area contributed by atoms with E-state index >= 15 is 0 Å². The zero-order valence-electron chi connectivity index (χ0n) is 19.1. The fourth-order valence-corrected chi connectivity index (χ4v) is 3.07. The van der Waals surface area contributed by atoms with Crippen LogP contribution in [0.4, 0.5) is 5.69 Å². The number of hydrogen-bond donors (Lipinski definition) is 2. The standard InChI is InChI=1S/C25H24ClN3O6/c1-32-21-10-6-4-8-19(21)28-24(30)15-35-22-12-11-17(13-23(22)33-2)14-27-29-25(31)16-34-20-9-5-3-7-18(20)26/h3-14H,15-16H2,1-2H3,(H,28,30)(H,29,31)/b27-14+. The SMILES string of the molecule is COc1ccccc1NC(=O)COc1ccc(/C=N/NC(=O)COc2ccccc2Cl)cc1OC. The van der Waals surface area contributed by atoms with Crippen LogP contribution in [0.3, 0.4) is 0 Å². The molecule has 0 aliphatic rings. The van der Waals surface area contributed by atoms with Gasteiger partial charge < -0.3 is 24.3 Å². The number of nitrogens with one attached hydrogen (secondary N) is 2. The predicted octanol–water partition coefficient (Wildman–Crippen LogP) is 3.90. The van der Waals surface area contributed by atoms with Gasteiger partial charge in [0.2, 0.25) is 0 Å². The number of rotatable bonds is 11.